The van der Waals surface area contributed by atoms with Gasteiger partial charge in [0.15, 0.2) is 0 Å². The van der Waals surface area contributed by atoms with Crippen LogP contribution in [-0.4, -0.2) is 15.2 Å². The van der Waals surface area contributed by atoms with Crippen LogP contribution in [-0.2, 0) is 6.42 Å². The molecule has 0 aliphatic carbocycles. The Morgan fingerprint density at radius 3 is 3.00 bits per heavy atom. The first-order valence-electron chi connectivity index (χ1n) is 4.36. The minimum Gasteiger partial charge on any atom is -0.411 e. The zero-order chi connectivity index (χ0) is 9.97. The van der Waals surface area contributed by atoms with Gasteiger partial charge < -0.3 is 5.21 Å². The summed E-state index contributed by atoms with van der Waals surface area (Å²) in [7, 11) is 0. The van der Waals surface area contributed by atoms with Crippen LogP contribution in [0.5, 0.6) is 0 Å². The van der Waals surface area contributed by atoms with E-state index in [0.29, 0.717) is 18.4 Å². The highest BCUT2D eigenvalue weighted by molar-refractivity contribution is 5.81. The van der Waals surface area contributed by atoms with Crippen LogP contribution in [0.1, 0.15) is 12.1 Å². The van der Waals surface area contributed by atoms with Crippen LogP contribution in [0, 0.1) is 11.3 Å². The molecule has 0 saturated carbocycles. The molecule has 0 saturated heterocycles. The van der Waals surface area contributed by atoms with E-state index in [4.69, 9.17) is 5.26 Å². The van der Waals surface area contributed by atoms with E-state index in [2.05, 4.69) is 11.2 Å². The van der Waals surface area contributed by atoms with Crippen LogP contribution >= 0.6 is 0 Å². The third-order valence-electron chi connectivity index (χ3n) is 2.12. The largest absolute Gasteiger partial charge is 0.411 e. The van der Waals surface area contributed by atoms with E-state index in [-0.39, 0.29) is 0 Å². The molecule has 0 radical (unpaired) electrons. The van der Waals surface area contributed by atoms with Gasteiger partial charge >= 0.3 is 0 Å². The molecule has 0 fully saturated rings. The molecule has 70 valence electrons. The van der Waals surface area contributed by atoms with Gasteiger partial charge in [0.05, 0.1) is 11.8 Å². The SMILES string of the molecule is N#CCCc1nn(O)c2ccccc12. The number of hydrogen-bond donors (Lipinski definition) is 1. The van der Waals surface area contributed by atoms with E-state index in [9.17, 15) is 5.21 Å². The second kappa shape index (κ2) is 3.38. The first-order valence-corrected chi connectivity index (χ1v) is 4.36. The second-order valence-electron chi connectivity index (χ2n) is 3.01. The number of benzene rings is 1. The molecule has 0 unspecified atom stereocenters. The highest BCUT2D eigenvalue weighted by Gasteiger charge is 2.07. The Balaban J connectivity index is 2.51. The summed E-state index contributed by atoms with van der Waals surface area (Å²) in [6, 6.07) is 9.47. The lowest BCUT2D eigenvalue weighted by atomic mass is 10.1. The molecule has 0 aliphatic heterocycles. The maximum absolute atomic E-state index is 9.41. The van der Waals surface area contributed by atoms with Gasteiger partial charge in [-0.1, -0.05) is 18.2 Å². The monoisotopic (exact) mass is 187 g/mol. The summed E-state index contributed by atoms with van der Waals surface area (Å²) in [6.07, 6.45) is 0.992. The minimum atomic E-state index is 0.418. The number of rotatable bonds is 2. The Morgan fingerprint density at radius 2 is 2.21 bits per heavy atom. The molecule has 1 heterocycles. The lowest BCUT2D eigenvalue weighted by molar-refractivity contribution is 0.160. The summed E-state index contributed by atoms with van der Waals surface area (Å²) in [5, 5.41) is 22.7. The lowest BCUT2D eigenvalue weighted by Gasteiger charge is -1.90. The lowest BCUT2D eigenvalue weighted by Crippen LogP contribution is -1.93. The Morgan fingerprint density at radius 1 is 1.43 bits per heavy atom. The van der Waals surface area contributed by atoms with Crippen molar-refractivity contribution in [2.24, 2.45) is 0 Å². The molecule has 1 N–H and O–H groups in total. The minimum absolute atomic E-state index is 0.418. The predicted molar refractivity (Wildman–Crippen MR) is 50.9 cm³/mol. The van der Waals surface area contributed by atoms with Crippen LogP contribution in [0.2, 0.25) is 0 Å². The molecule has 1 aromatic carbocycles. The summed E-state index contributed by atoms with van der Waals surface area (Å²) in [5.41, 5.74) is 1.45. The quantitative estimate of drug-likeness (QED) is 0.728. The first-order chi connectivity index (χ1) is 6.83. The number of hydrogen-bond acceptors (Lipinski definition) is 3. The summed E-state index contributed by atoms with van der Waals surface area (Å²) < 4.78 is 0. The molecule has 4 heteroatoms. The van der Waals surface area contributed by atoms with E-state index in [0.717, 1.165) is 15.9 Å². The van der Waals surface area contributed by atoms with Gasteiger partial charge in [-0.25, -0.2) is 0 Å². The molecule has 0 atom stereocenters. The highest BCUT2D eigenvalue weighted by atomic mass is 16.5. The van der Waals surface area contributed by atoms with Crippen LogP contribution < -0.4 is 0 Å². The standard InChI is InChI=1S/C10H9N3O/c11-7-3-5-9-8-4-1-2-6-10(8)13(14)12-9/h1-2,4,6,14H,3,5H2. The van der Waals surface area contributed by atoms with Gasteiger partial charge in [-0.3, -0.25) is 0 Å². The van der Waals surface area contributed by atoms with Crippen molar-refractivity contribution < 1.29 is 5.21 Å². The Hall–Kier alpha value is -2.02. The fraction of sp³-hybridized carbons (Fsp3) is 0.200. The molecule has 0 bridgehead atoms. The molecular weight excluding hydrogens is 178 g/mol. The summed E-state index contributed by atoms with van der Waals surface area (Å²) in [6.45, 7) is 0. The summed E-state index contributed by atoms with van der Waals surface area (Å²) in [5.74, 6) is 0. The van der Waals surface area contributed by atoms with Crippen LogP contribution in [0.3, 0.4) is 0 Å². The highest BCUT2D eigenvalue weighted by Crippen LogP contribution is 2.17. The van der Waals surface area contributed by atoms with Crippen molar-refractivity contribution >= 4 is 10.9 Å². The number of para-hydroxylation sites is 1. The summed E-state index contributed by atoms with van der Waals surface area (Å²) >= 11 is 0. The molecule has 0 aliphatic rings. The second-order valence-corrected chi connectivity index (χ2v) is 3.01. The third-order valence-corrected chi connectivity index (χ3v) is 2.12. The molecule has 1 aromatic heterocycles. The van der Waals surface area contributed by atoms with E-state index < -0.39 is 0 Å². The van der Waals surface area contributed by atoms with E-state index in [1.165, 1.54) is 0 Å². The Labute approximate surface area is 81.0 Å². The predicted octanol–water partition coefficient (Wildman–Crippen LogP) is 1.73. The molecule has 2 aromatic rings. The van der Waals surface area contributed by atoms with Crippen molar-refractivity contribution in [3.8, 4) is 6.07 Å². The van der Waals surface area contributed by atoms with Gasteiger partial charge in [0.2, 0.25) is 0 Å². The van der Waals surface area contributed by atoms with Crippen LogP contribution in [0.15, 0.2) is 24.3 Å². The van der Waals surface area contributed by atoms with E-state index in [1.807, 2.05) is 18.2 Å². The number of nitrogens with zero attached hydrogens (tertiary/aromatic N) is 3. The van der Waals surface area contributed by atoms with Crippen LogP contribution in [0.4, 0.5) is 0 Å². The fourth-order valence-corrected chi connectivity index (χ4v) is 1.47. The van der Waals surface area contributed by atoms with Gasteiger partial charge in [-0.05, 0) is 6.07 Å². The maximum Gasteiger partial charge on any atom is 0.110 e. The van der Waals surface area contributed by atoms with Crippen molar-refractivity contribution in [3.05, 3.63) is 30.0 Å². The number of aryl methyl sites for hydroxylation is 1. The zero-order valence-corrected chi connectivity index (χ0v) is 7.51. The van der Waals surface area contributed by atoms with Crippen LogP contribution in [0.25, 0.3) is 10.9 Å². The van der Waals surface area contributed by atoms with E-state index in [1.54, 1.807) is 6.07 Å². The van der Waals surface area contributed by atoms with Crippen molar-refractivity contribution in [1.29, 1.82) is 5.26 Å². The fourth-order valence-electron chi connectivity index (χ4n) is 1.47. The number of nitriles is 1. The van der Waals surface area contributed by atoms with Gasteiger partial charge in [0.25, 0.3) is 0 Å². The van der Waals surface area contributed by atoms with Gasteiger partial charge in [-0.15, -0.1) is 9.94 Å². The molecular formula is C10H9N3O. The smallest absolute Gasteiger partial charge is 0.110 e. The maximum atomic E-state index is 9.41. The topological polar surface area (TPSA) is 61.8 Å². The normalized spacial score (nSPS) is 10.2. The Kier molecular flexibility index (Phi) is 2.07. The molecule has 0 amide bonds. The molecule has 0 spiro atoms. The first kappa shape index (κ1) is 8.57. The van der Waals surface area contributed by atoms with Crippen molar-refractivity contribution in [1.82, 2.24) is 9.94 Å². The van der Waals surface area contributed by atoms with Crippen molar-refractivity contribution in [2.75, 3.05) is 0 Å². The number of aromatic nitrogens is 2. The Bertz CT molecular complexity index is 496. The average Bonchev–Trinajstić information content (AvgIpc) is 2.54. The van der Waals surface area contributed by atoms with Gasteiger partial charge in [-0.2, -0.15) is 5.26 Å². The molecule has 14 heavy (non-hydrogen) atoms. The van der Waals surface area contributed by atoms with Gasteiger partial charge in [0.1, 0.15) is 5.52 Å². The van der Waals surface area contributed by atoms with E-state index >= 15 is 0 Å². The zero-order valence-electron chi connectivity index (χ0n) is 7.51. The molecule has 2 rings (SSSR count). The molecule has 4 nitrogen and oxygen atoms in total. The average molecular weight is 187 g/mol. The third kappa shape index (κ3) is 1.29. The number of fused-ring (bicyclic) bond motifs is 1. The summed E-state index contributed by atoms with van der Waals surface area (Å²) in [4.78, 5) is 0.863. The van der Waals surface area contributed by atoms with Gasteiger partial charge in [0, 0.05) is 18.2 Å². The van der Waals surface area contributed by atoms with Crippen molar-refractivity contribution in [3.63, 3.8) is 0 Å². The van der Waals surface area contributed by atoms with Crippen molar-refractivity contribution in [2.45, 2.75) is 12.8 Å².